The molecule has 1 aromatic carbocycles. The molecule has 0 amide bonds. The zero-order valence-electron chi connectivity index (χ0n) is 12.2. The molecule has 3 rings (SSSR count). The van der Waals surface area contributed by atoms with Crippen molar-refractivity contribution in [1.29, 1.82) is 0 Å². The summed E-state index contributed by atoms with van der Waals surface area (Å²) in [7, 11) is 0. The third-order valence-corrected chi connectivity index (χ3v) is 3.69. The zero-order chi connectivity index (χ0) is 14.8. The van der Waals surface area contributed by atoms with Crippen molar-refractivity contribution in [3.8, 4) is 11.4 Å². The van der Waals surface area contributed by atoms with E-state index in [0.717, 1.165) is 22.9 Å². The van der Waals surface area contributed by atoms with E-state index in [2.05, 4.69) is 22.0 Å². The Morgan fingerprint density at radius 3 is 2.90 bits per heavy atom. The summed E-state index contributed by atoms with van der Waals surface area (Å²) >= 11 is 0. The molecule has 3 aromatic rings. The molecule has 0 bridgehead atoms. The van der Waals surface area contributed by atoms with Crippen LogP contribution in [-0.4, -0.2) is 21.2 Å². The fourth-order valence-corrected chi connectivity index (χ4v) is 2.49. The van der Waals surface area contributed by atoms with Crippen LogP contribution in [0.3, 0.4) is 0 Å². The van der Waals surface area contributed by atoms with Crippen LogP contribution in [0.15, 0.2) is 41.1 Å². The third kappa shape index (κ3) is 2.64. The maximum atomic E-state index is 5.97. The van der Waals surface area contributed by atoms with E-state index in [4.69, 9.17) is 10.3 Å². The maximum Gasteiger partial charge on any atom is 0.231 e. The van der Waals surface area contributed by atoms with E-state index in [1.165, 1.54) is 0 Å². The van der Waals surface area contributed by atoms with Crippen molar-refractivity contribution < 1.29 is 4.52 Å². The van der Waals surface area contributed by atoms with Gasteiger partial charge >= 0.3 is 0 Å². The highest BCUT2D eigenvalue weighted by atomic mass is 16.5. The molecule has 0 fully saturated rings. The van der Waals surface area contributed by atoms with Crippen LogP contribution < -0.4 is 5.73 Å². The molecule has 21 heavy (non-hydrogen) atoms. The second-order valence-corrected chi connectivity index (χ2v) is 5.24. The van der Waals surface area contributed by atoms with E-state index >= 15 is 0 Å². The average Bonchev–Trinajstić information content (AvgIpc) is 2.96. The molecule has 0 radical (unpaired) electrons. The number of benzene rings is 1. The molecule has 2 N–H and O–H groups in total. The molecule has 5 nitrogen and oxygen atoms in total. The van der Waals surface area contributed by atoms with Crippen molar-refractivity contribution >= 4 is 10.9 Å². The molecule has 2 aromatic heterocycles. The summed E-state index contributed by atoms with van der Waals surface area (Å²) in [5.74, 6) is 1.29. The lowest BCUT2D eigenvalue weighted by atomic mass is 9.99. The fraction of sp³-hybridized carbons (Fsp3) is 0.312. The van der Waals surface area contributed by atoms with Crippen molar-refractivity contribution in [1.82, 2.24) is 15.1 Å². The van der Waals surface area contributed by atoms with Gasteiger partial charge in [0.15, 0.2) is 0 Å². The Labute approximate surface area is 123 Å². The van der Waals surface area contributed by atoms with Gasteiger partial charge in [-0.15, -0.1) is 0 Å². The zero-order valence-corrected chi connectivity index (χ0v) is 12.2. The van der Waals surface area contributed by atoms with Crippen molar-refractivity contribution in [2.75, 3.05) is 0 Å². The first-order valence-corrected chi connectivity index (χ1v) is 7.13. The quantitative estimate of drug-likeness (QED) is 0.795. The van der Waals surface area contributed by atoms with E-state index in [1.807, 2.05) is 37.3 Å². The van der Waals surface area contributed by atoms with Crippen LogP contribution in [0.5, 0.6) is 0 Å². The minimum Gasteiger partial charge on any atom is -0.339 e. The topological polar surface area (TPSA) is 77.8 Å². The van der Waals surface area contributed by atoms with Crippen LogP contribution in [0.2, 0.25) is 0 Å². The Bertz CT molecular complexity index is 751. The van der Waals surface area contributed by atoms with E-state index in [9.17, 15) is 0 Å². The second-order valence-electron chi connectivity index (χ2n) is 5.24. The fourth-order valence-electron chi connectivity index (χ4n) is 2.49. The summed E-state index contributed by atoms with van der Waals surface area (Å²) in [6.07, 6.45) is 2.66. The van der Waals surface area contributed by atoms with Gasteiger partial charge in [-0.25, -0.2) is 0 Å². The van der Waals surface area contributed by atoms with E-state index in [0.29, 0.717) is 11.7 Å². The molecule has 2 unspecified atom stereocenters. The van der Waals surface area contributed by atoms with Gasteiger partial charge in [-0.1, -0.05) is 18.1 Å². The molecule has 0 saturated heterocycles. The van der Waals surface area contributed by atoms with Crippen LogP contribution >= 0.6 is 0 Å². The first kappa shape index (κ1) is 13.7. The Hall–Kier alpha value is -2.27. The first-order chi connectivity index (χ1) is 10.2. The minimum atomic E-state index is -0.0101. The van der Waals surface area contributed by atoms with Crippen LogP contribution in [0.25, 0.3) is 22.3 Å². The third-order valence-electron chi connectivity index (χ3n) is 3.69. The summed E-state index contributed by atoms with van der Waals surface area (Å²) in [6, 6.07) is 9.86. The van der Waals surface area contributed by atoms with Crippen LogP contribution in [0.4, 0.5) is 0 Å². The minimum absolute atomic E-state index is 0.0101. The molecule has 108 valence electrons. The first-order valence-electron chi connectivity index (χ1n) is 7.13. The average molecular weight is 282 g/mol. The van der Waals surface area contributed by atoms with Gasteiger partial charge in [-0.3, -0.25) is 4.98 Å². The normalized spacial score (nSPS) is 14.2. The standard InChI is InChI=1S/C16H18N4O/c1-3-13(10(2)17)16-19-15(20-21-16)12-6-7-14-11(9-12)5-4-8-18-14/h4-10,13H,3,17H2,1-2H3. The SMILES string of the molecule is CCC(c1nc(-c2ccc3ncccc3c2)no1)C(C)N. The largest absolute Gasteiger partial charge is 0.339 e. The Balaban J connectivity index is 1.97. The van der Waals surface area contributed by atoms with Gasteiger partial charge in [0.25, 0.3) is 0 Å². The second kappa shape index (κ2) is 5.61. The van der Waals surface area contributed by atoms with Gasteiger partial charge in [0.05, 0.1) is 11.4 Å². The maximum absolute atomic E-state index is 5.97. The summed E-state index contributed by atoms with van der Waals surface area (Å²) < 4.78 is 5.39. The number of nitrogens with two attached hydrogens (primary N) is 1. The smallest absolute Gasteiger partial charge is 0.231 e. The van der Waals surface area contributed by atoms with E-state index in [1.54, 1.807) is 6.20 Å². The monoisotopic (exact) mass is 282 g/mol. The van der Waals surface area contributed by atoms with Crippen molar-refractivity contribution in [3.63, 3.8) is 0 Å². The number of nitrogens with zero attached hydrogens (tertiary/aromatic N) is 3. The number of rotatable bonds is 4. The van der Waals surface area contributed by atoms with Crippen molar-refractivity contribution in [2.24, 2.45) is 5.73 Å². The van der Waals surface area contributed by atoms with Gasteiger partial charge in [-0.2, -0.15) is 4.98 Å². The molecule has 2 heterocycles. The Morgan fingerprint density at radius 2 is 2.14 bits per heavy atom. The Kier molecular flexibility index (Phi) is 3.66. The molecular weight excluding hydrogens is 264 g/mol. The number of hydrogen-bond acceptors (Lipinski definition) is 5. The van der Waals surface area contributed by atoms with Gasteiger partial charge in [0.2, 0.25) is 11.7 Å². The van der Waals surface area contributed by atoms with Crippen LogP contribution in [0, 0.1) is 0 Å². The summed E-state index contributed by atoms with van der Waals surface area (Å²) in [5, 5.41) is 5.14. The number of hydrogen-bond donors (Lipinski definition) is 1. The molecule has 0 spiro atoms. The van der Waals surface area contributed by atoms with E-state index < -0.39 is 0 Å². The highest BCUT2D eigenvalue weighted by Crippen LogP contribution is 2.25. The van der Waals surface area contributed by atoms with Crippen molar-refractivity contribution in [2.45, 2.75) is 32.2 Å². The van der Waals surface area contributed by atoms with Gasteiger partial charge in [0, 0.05) is 23.2 Å². The predicted octanol–water partition coefficient (Wildman–Crippen LogP) is 3.13. The molecule has 0 aliphatic rings. The number of fused-ring (bicyclic) bond motifs is 1. The molecule has 0 aliphatic carbocycles. The molecule has 5 heteroatoms. The highest BCUT2D eigenvalue weighted by Gasteiger charge is 2.21. The molecule has 0 aliphatic heterocycles. The van der Waals surface area contributed by atoms with E-state index in [-0.39, 0.29) is 12.0 Å². The molecule has 0 saturated carbocycles. The van der Waals surface area contributed by atoms with Gasteiger partial charge in [0.1, 0.15) is 0 Å². The van der Waals surface area contributed by atoms with Crippen LogP contribution in [0.1, 0.15) is 32.1 Å². The summed E-state index contributed by atoms with van der Waals surface area (Å²) in [5.41, 5.74) is 7.84. The van der Waals surface area contributed by atoms with Gasteiger partial charge in [-0.05, 0) is 37.6 Å². The lowest BCUT2D eigenvalue weighted by molar-refractivity contribution is 0.334. The summed E-state index contributed by atoms with van der Waals surface area (Å²) in [6.45, 7) is 4.03. The highest BCUT2D eigenvalue weighted by molar-refractivity contribution is 5.82. The van der Waals surface area contributed by atoms with Crippen molar-refractivity contribution in [3.05, 3.63) is 42.4 Å². The number of pyridine rings is 1. The molecular formula is C16H18N4O. The number of aromatic nitrogens is 3. The van der Waals surface area contributed by atoms with Gasteiger partial charge < -0.3 is 10.3 Å². The summed E-state index contributed by atoms with van der Waals surface area (Å²) in [4.78, 5) is 8.81. The lowest BCUT2D eigenvalue weighted by Crippen LogP contribution is -2.24. The van der Waals surface area contributed by atoms with Crippen LogP contribution in [-0.2, 0) is 0 Å². The predicted molar refractivity (Wildman–Crippen MR) is 81.7 cm³/mol. The lowest BCUT2D eigenvalue weighted by Gasteiger charge is -2.13. The molecule has 2 atom stereocenters. The Morgan fingerprint density at radius 1 is 1.29 bits per heavy atom.